The lowest BCUT2D eigenvalue weighted by Gasteiger charge is -2.34. The van der Waals surface area contributed by atoms with E-state index >= 15 is 0 Å². The van der Waals surface area contributed by atoms with Gasteiger partial charge in [-0.05, 0) is 56.0 Å². The molecular weight excluding hydrogens is 428 g/mol. The van der Waals surface area contributed by atoms with Gasteiger partial charge in [-0.1, -0.05) is 39.0 Å². The fourth-order valence-corrected chi connectivity index (χ4v) is 4.16. The first-order valence-corrected chi connectivity index (χ1v) is 11.6. The van der Waals surface area contributed by atoms with E-state index in [0.717, 1.165) is 22.9 Å². The number of hydrogen-bond donors (Lipinski definition) is 4. The lowest BCUT2D eigenvalue weighted by molar-refractivity contribution is 0.0939. The third-order valence-corrected chi connectivity index (χ3v) is 5.34. The van der Waals surface area contributed by atoms with Crippen molar-refractivity contribution in [1.29, 1.82) is 0 Å². The van der Waals surface area contributed by atoms with Gasteiger partial charge in [-0.25, -0.2) is 5.43 Å². The second-order valence-corrected chi connectivity index (χ2v) is 10.5. The van der Waals surface area contributed by atoms with Crippen molar-refractivity contribution in [1.82, 2.24) is 15.7 Å². The SMILES string of the molecule is CC(C)(C)CC(C)(C)NCC(O)COc1ccc(C(=O)N/N=C/c2c[nH]c3ccccc23)cc1. The molecule has 0 aliphatic rings. The number of carbonyl (C=O) groups excluding carboxylic acids is 1. The minimum absolute atomic E-state index is 0.0785. The van der Waals surface area contributed by atoms with Gasteiger partial charge in [0, 0.05) is 40.3 Å². The van der Waals surface area contributed by atoms with E-state index in [1.165, 1.54) is 0 Å². The number of fused-ring (bicyclic) bond motifs is 1. The Morgan fingerprint density at radius 3 is 2.53 bits per heavy atom. The number of amides is 1. The predicted molar refractivity (Wildman–Crippen MR) is 137 cm³/mol. The van der Waals surface area contributed by atoms with E-state index in [4.69, 9.17) is 4.74 Å². The Balaban J connectivity index is 1.44. The van der Waals surface area contributed by atoms with Gasteiger partial charge < -0.3 is 20.1 Å². The summed E-state index contributed by atoms with van der Waals surface area (Å²) in [5, 5.41) is 18.8. The Labute approximate surface area is 201 Å². The number of para-hydroxylation sites is 1. The molecule has 0 saturated carbocycles. The zero-order valence-electron chi connectivity index (χ0n) is 20.7. The first-order chi connectivity index (χ1) is 16.0. The number of hydrogen-bond acceptors (Lipinski definition) is 5. The van der Waals surface area contributed by atoms with E-state index in [2.05, 4.69) is 55.4 Å². The number of aromatic amines is 1. The maximum Gasteiger partial charge on any atom is 0.271 e. The van der Waals surface area contributed by atoms with Crippen molar-refractivity contribution in [2.45, 2.75) is 52.7 Å². The van der Waals surface area contributed by atoms with Gasteiger partial charge >= 0.3 is 0 Å². The van der Waals surface area contributed by atoms with Crippen molar-refractivity contribution in [2.24, 2.45) is 10.5 Å². The van der Waals surface area contributed by atoms with Crippen LogP contribution in [0.3, 0.4) is 0 Å². The lowest BCUT2D eigenvalue weighted by atomic mass is 9.82. The van der Waals surface area contributed by atoms with Gasteiger partial charge in [0.25, 0.3) is 5.91 Å². The summed E-state index contributed by atoms with van der Waals surface area (Å²) < 4.78 is 5.68. The van der Waals surface area contributed by atoms with E-state index in [9.17, 15) is 9.90 Å². The summed E-state index contributed by atoms with van der Waals surface area (Å²) in [6.07, 6.45) is 3.82. The van der Waals surface area contributed by atoms with Crippen LogP contribution in [0.1, 0.15) is 57.0 Å². The molecule has 1 amide bonds. The van der Waals surface area contributed by atoms with Crippen molar-refractivity contribution in [3.05, 3.63) is 65.9 Å². The van der Waals surface area contributed by atoms with Crippen molar-refractivity contribution >= 4 is 23.0 Å². The van der Waals surface area contributed by atoms with Crippen LogP contribution >= 0.6 is 0 Å². The van der Waals surface area contributed by atoms with Crippen molar-refractivity contribution in [3.63, 3.8) is 0 Å². The summed E-state index contributed by atoms with van der Waals surface area (Å²) in [5.74, 6) is 0.278. The summed E-state index contributed by atoms with van der Waals surface area (Å²) in [5.41, 5.74) is 5.05. The zero-order chi connectivity index (χ0) is 24.8. The molecule has 1 unspecified atom stereocenters. The van der Waals surface area contributed by atoms with Crippen LogP contribution in [0.15, 0.2) is 59.8 Å². The molecule has 1 atom stereocenters. The summed E-state index contributed by atoms with van der Waals surface area (Å²) in [4.78, 5) is 15.5. The van der Waals surface area contributed by atoms with Crippen molar-refractivity contribution in [3.8, 4) is 5.75 Å². The lowest BCUT2D eigenvalue weighted by Crippen LogP contribution is -2.46. The van der Waals surface area contributed by atoms with Gasteiger partial charge in [0.1, 0.15) is 18.5 Å². The van der Waals surface area contributed by atoms with Crippen LogP contribution < -0.4 is 15.5 Å². The van der Waals surface area contributed by atoms with Crippen LogP contribution in [0.4, 0.5) is 0 Å². The molecule has 7 heteroatoms. The maximum atomic E-state index is 12.4. The summed E-state index contributed by atoms with van der Waals surface area (Å²) in [7, 11) is 0. The fraction of sp³-hybridized carbons (Fsp3) is 0.407. The average molecular weight is 465 g/mol. The number of aliphatic hydroxyl groups is 1. The molecule has 1 aromatic heterocycles. The molecule has 0 aliphatic heterocycles. The Kier molecular flexibility index (Phi) is 8.12. The number of ether oxygens (including phenoxy) is 1. The Hall–Kier alpha value is -3.16. The number of H-pyrrole nitrogens is 1. The summed E-state index contributed by atoms with van der Waals surface area (Å²) >= 11 is 0. The van der Waals surface area contributed by atoms with Gasteiger partial charge in [0.05, 0.1) is 6.21 Å². The molecule has 0 spiro atoms. The summed E-state index contributed by atoms with van der Waals surface area (Å²) in [6.45, 7) is 11.5. The molecule has 0 fully saturated rings. The molecule has 34 heavy (non-hydrogen) atoms. The second kappa shape index (κ2) is 10.8. The molecule has 0 saturated heterocycles. The number of nitrogens with one attached hydrogen (secondary N) is 3. The Morgan fingerprint density at radius 1 is 1.12 bits per heavy atom. The molecule has 0 radical (unpaired) electrons. The van der Waals surface area contributed by atoms with Crippen LogP contribution in [0.2, 0.25) is 0 Å². The molecule has 4 N–H and O–H groups in total. The first-order valence-electron chi connectivity index (χ1n) is 11.6. The maximum absolute atomic E-state index is 12.4. The predicted octanol–water partition coefficient (Wildman–Crippen LogP) is 4.48. The second-order valence-electron chi connectivity index (χ2n) is 10.5. The van der Waals surface area contributed by atoms with Gasteiger partial charge in [0.2, 0.25) is 0 Å². The number of aromatic nitrogens is 1. The quantitative estimate of drug-likeness (QED) is 0.263. The number of benzene rings is 2. The van der Waals surface area contributed by atoms with Gasteiger partial charge in [-0.3, -0.25) is 4.79 Å². The number of carbonyl (C=O) groups is 1. The molecule has 2 aromatic carbocycles. The number of aliphatic hydroxyl groups excluding tert-OH is 1. The molecule has 0 aliphatic carbocycles. The molecule has 1 heterocycles. The highest BCUT2D eigenvalue weighted by Crippen LogP contribution is 2.26. The van der Waals surface area contributed by atoms with Gasteiger partial charge in [0.15, 0.2) is 0 Å². The monoisotopic (exact) mass is 464 g/mol. The molecule has 0 bridgehead atoms. The number of nitrogens with zero attached hydrogens (tertiary/aromatic N) is 1. The number of β-amino-alcohol motifs (C(OH)–C–C–N with tert-alkyl or cyclic N) is 1. The topological polar surface area (TPSA) is 98.7 Å². The fourth-order valence-electron chi connectivity index (χ4n) is 4.16. The standard InChI is InChI=1S/C27H36N4O3/c1-26(2,3)18-27(4,5)29-16-21(32)17-34-22-12-10-19(11-13-22)25(33)31-30-15-20-14-28-24-9-7-6-8-23(20)24/h6-15,21,28-29,32H,16-18H2,1-5H3,(H,31,33)/b30-15+. The van der Waals surface area contributed by atoms with E-state index in [0.29, 0.717) is 17.9 Å². The summed E-state index contributed by atoms with van der Waals surface area (Å²) in [6, 6.07) is 14.7. The molecule has 3 aromatic rings. The largest absolute Gasteiger partial charge is 0.491 e. The van der Waals surface area contributed by atoms with Crippen LogP contribution in [-0.2, 0) is 0 Å². The van der Waals surface area contributed by atoms with Crippen molar-refractivity contribution < 1.29 is 14.6 Å². The van der Waals surface area contributed by atoms with Gasteiger partial charge in [-0.2, -0.15) is 5.10 Å². The third-order valence-electron chi connectivity index (χ3n) is 5.34. The van der Waals surface area contributed by atoms with Crippen LogP contribution in [0.5, 0.6) is 5.75 Å². The number of hydrazone groups is 1. The van der Waals surface area contributed by atoms with E-state index in [1.807, 2.05) is 30.5 Å². The smallest absolute Gasteiger partial charge is 0.271 e. The van der Waals surface area contributed by atoms with E-state index < -0.39 is 6.10 Å². The van der Waals surface area contributed by atoms with Crippen LogP contribution in [0.25, 0.3) is 10.9 Å². The average Bonchev–Trinajstić information content (AvgIpc) is 3.18. The Morgan fingerprint density at radius 2 is 1.82 bits per heavy atom. The minimum Gasteiger partial charge on any atom is -0.491 e. The van der Waals surface area contributed by atoms with Gasteiger partial charge in [-0.15, -0.1) is 0 Å². The molecule has 3 rings (SSSR count). The first kappa shape index (κ1) is 25.5. The normalized spacial score (nSPS) is 13.4. The highest BCUT2D eigenvalue weighted by atomic mass is 16.5. The van der Waals surface area contributed by atoms with E-state index in [1.54, 1.807) is 30.5 Å². The minimum atomic E-state index is -0.638. The molecule has 7 nitrogen and oxygen atoms in total. The van der Waals surface area contributed by atoms with Crippen molar-refractivity contribution in [2.75, 3.05) is 13.2 Å². The molecular formula is C27H36N4O3. The Bertz CT molecular complexity index is 1110. The highest BCUT2D eigenvalue weighted by Gasteiger charge is 2.25. The zero-order valence-corrected chi connectivity index (χ0v) is 20.7. The van der Waals surface area contributed by atoms with E-state index in [-0.39, 0.29) is 23.5 Å². The molecule has 182 valence electrons. The number of rotatable bonds is 10. The highest BCUT2D eigenvalue weighted by molar-refractivity contribution is 6.00. The van der Waals surface area contributed by atoms with Crippen LogP contribution in [-0.4, -0.2) is 47.0 Å². The third kappa shape index (κ3) is 7.71. The van der Waals surface area contributed by atoms with Crippen LogP contribution in [0, 0.1) is 5.41 Å².